The van der Waals surface area contributed by atoms with E-state index in [0.29, 0.717) is 12.0 Å². The molecule has 0 bridgehead atoms. The summed E-state index contributed by atoms with van der Waals surface area (Å²) in [6, 6.07) is 8.74. The maximum absolute atomic E-state index is 6.33. The summed E-state index contributed by atoms with van der Waals surface area (Å²) >= 11 is 1.73. The van der Waals surface area contributed by atoms with Crippen LogP contribution in [0, 0.1) is 0 Å². The van der Waals surface area contributed by atoms with Crippen LogP contribution in [0.5, 0.6) is 5.88 Å². The minimum absolute atomic E-state index is 0.207. The van der Waals surface area contributed by atoms with Crippen LogP contribution < -0.4 is 10.1 Å². The van der Waals surface area contributed by atoms with Gasteiger partial charge in [-0.3, -0.25) is 4.98 Å². The number of nitrogens with zero attached hydrogens (tertiary/aromatic N) is 3. The highest BCUT2D eigenvalue weighted by atomic mass is 32.1. The molecule has 1 aliphatic heterocycles. The first kappa shape index (κ1) is 18.8. The number of ether oxygens (including phenoxy) is 2. The maximum atomic E-state index is 6.33. The van der Waals surface area contributed by atoms with Crippen molar-refractivity contribution < 1.29 is 9.47 Å². The minimum Gasteiger partial charge on any atom is -0.473 e. The molecule has 29 heavy (non-hydrogen) atoms. The molecule has 3 heterocycles. The number of hydrogen-bond donors (Lipinski definition) is 1. The molecule has 2 fully saturated rings. The lowest BCUT2D eigenvalue weighted by atomic mass is 9.93. The van der Waals surface area contributed by atoms with Crippen LogP contribution in [-0.2, 0) is 4.74 Å². The van der Waals surface area contributed by atoms with Gasteiger partial charge in [-0.15, -0.1) is 0 Å². The predicted octanol–water partition coefficient (Wildman–Crippen LogP) is 4.78. The summed E-state index contributed by atoms with van der Waals surface area (Å²) in [6.07, 6.45) is 9.90. The molecule has 0 atom stereocenters. The van der Waals surface area contributed by atoms with E-state index in [0.717, 1.165) is 74.0 Å². The molecular weight excluding hydrogens is 384 g/mol. The van der Waals surface area contributed by atoms with Gasteiger partial charge in [-0.1, -0.05) is 23.5 Å². The van der Waals surface area contributed by atoms with E-state index in [4.69, 9.17) is 14.5 Å². The van der Waals surface area contributed by atoms with Crippen molar-refractivity contribution >= 4 is 26.7 Å². The number of para-hydroxylation sites is 1. The van der Waals surface area contributed by atoms with Crippen LogP contribution >= 0.6 is 11.3 Å². The van der Waals surface area contributed by atoms with Gasteiger partial charge in [0, 0.05) is 37.6 Å². The normalized spacial score (nSPS) is 23.2. The van der Waals surface area contributed by atoms with E-state index in [1.807, 2.05) is 6.07 Å². The van der Waals surface area contributed by atoms with Gasteiger partial charge in [-0.05, 0) is 50.7 Å². The molecule has 3 aromatic rings. The summed E-state index contributed by atoms with van der Waals surface area (Å²) in [4.78, 5) is 13.8. The number of benzene rings is 1. The van der Waals surface area contributed by atoms with Gasteiger partial charge >= 0.3 is 0 Å². The fourth-order valence-electron chi connectivity index (χ4n) is 4.27. The highest BCUT2D eigenvalue weighted by Crippen LogP contribution is 2.33. The van der Waals surface area contributed by atoms with Crippen molar-refractivity contribution in [3.8, 4) is 5.88 Å². The van der Waals surface area contributed by atoms with Gasteiger partial charge in [0.05, 0.1) is 10.2 Å². The van der Waals surface area contributed by atoms with Gasteiger partial charge in [0.15, 0.2) is 5.13 Å². The molecule has 6 nitrogen and oxygen atoms in total. The van der Waals surface area contributed by atoms with E-state index in [1.54, 1.807) is 23.7 Å². The Morgan fingerprint density at radius 1 is 0.966 bits per heavy atom. The van der Waals surface area contributed by atoms with Crippen LogP contribution in [0.1, 0.15) is 50.1 Å². The van der Waals surface area contributed by atoms with E-state index in [-0.39, 0.29) is 6.10 Å². The van der Waals surface area contributed by atoms with Crippen molar-refractivity contribution in [2.45, 2.75) is 56.6 Å². The second-order valence-electron chi connectivity index (χ2n) is 7.86. The predicted molar refractivity (Wildman–Crippen MR) is 115 cm³/mol. The van der Waals surface area contributed by atoms with Crippen molar-refractivity contribution in [3.63, 3.8) is 0 Å². The lowest BCUT2D eigenvalue weighted by Crippen LogP contribution is -2.31. The zero-order valence-electron chi connectivity index (χ0n) is 16.4. The monoisotopic (exact) mass is 410 g/mol. The molecular formula is C22H26N4O2S. The van der Waals surface area contributed by atoms with Crippen molar-refractivity contribution in [1.29, 1.82) is 0 Å². The molecule has 0 unspecified atom stereocenters. The van der Waals surface area contributed by atoms with Gasteiger partial charge in [0.25, 0.3) is 0 Å². The van der Waals surface area contributed by atoms with Crippen molar-refractivity contribution in [3.05, 3.63) is 42.4 Å². The highest BCUT2D eigenvalue weighted by Gasteiger charge is 2.27. The van der Waals surface area contributed by atoms with Gasteiger partial charge in [-0.25, -0.2) is 9.97 Å². The second-order valence-corrected chi connectivity index (χ2v) is 8.89. The molecule has 5 rings (SSSR count). The summed E-state index contributed by atoms with van der Waals surface area (Å²) < 4.78 is 13.1. The van der Waals surface area contributed by atoms with Gasteiger partial charge < -0.3 is 14.8 Å². The SMILES string of the molecule is c1ccc2sc(NC3CCC(Oc4nccnc4C4CCOCC4)CC3)nc2c1. The molecule has 1 saturated heterocycles. The molecule has 0 amide bonds. The quantitative estimate of drug-likeness (QED) is 0.653. The Morgan fingerprint density at radius 2 is 1.76 bits per heavy atom. The average molecular weight is 411 g/mol. The summed E-state index contributed by atoms with van der Waals surface area (Å²) in [5, 5.41) is 4.65. The average Bonchev–Trinajstić information content (AvgIpc) is 3.18. The van der Waals surface area contributed by atoms with Crippen LogP contribution in [0.3, 0.4) is 0 Å². The Balaban J connectivity index is 1.18. The third kappa shape index (κ3) is 4.36. The molecule has 1 aromatic carbocycles. The zero-order chi connectivity index (χ0) is 19.5. The first-order valence-corrected chi connectivity index (χ1v) is 11.3. The van der Waals surface area contributed by atoms with Gasteiger partial charge in [-0.2, -0.15) is 0 Å². The zero-order valence-corrected chi connectivity index (χ0v) is 17.2. The number of rotatable bonds is 5. The summed E-state index contributed by atoms with van der Waals surface area (Å²) in [6.45, 7) is 1.59. The Hall–Kier alpha value is -2.25. The third-order valence-electron chi connectivity index (χ3n) is 5.87. The van der Waals surface area contributed by atoms with Gasteiger partial charge in [0.2, 0.25) is 5.88 Å². The van der Waals surface area contributed by atoms with Crippen LogP contribution in [0.4, 0.5) is 5.13 Å². The Kier molecular flexibility index (Phi) is 5.58. The first-order chi connectivity index (χ1) is 14.3. The smallest absolute Gasteiger partial charge is 0.236 e. The van der Waals surface area contributed by atoms with Crippen molar-refractivity contribution in [2.24, 2.45) is 0 Å². The van der Waals surface area contributed by atoms with E-state index in [2.05, 4.69) is 33.5 Å². The Labute approximate surface area is 174 Å². The van der Waals surface area contributed by atoms with Crippen LogP contribution in [0.2, 0.25) is 0 Å². The van der Waals surface area contributed by atoms with Crippen molar-refractivity contribution in [1.82, 2.24) is 15.0 Å². The van der Waals surface area contributed by atoms with E-state index >= 15 is 0 Å². The largest absolute Gasteiger partial charge is 0.473 e. The lowest BCUT2D eigenvalue weighted by Gasteiger charge is -2.30. The van der Waals surface area contributed by atoms with Crippen LogP contribution in [-0.4, -0.2) is 40.3 Å². The maximum Gasteiger partial charge on any atom is 0.236 e. The standard InChI is InChI=1S/C22H26N4O2S/c1-2-4-19-18(3-1)26-22(29-19)25-16-5-7-17(8-6-16)28-21-20(23-11-12-24-21)15-9-13-27-14-10-15/h1-4,11-12,15-17H,5-10,13-14H2,(H,25,26). The molecule has 7 heteroatoms. The van der Waals surface area contributed by atoms with Gasteiger partial charge in [0.1, 0.15) is 11.8 Å². The first-order valence-electron chi connectivity index (χ1n) is 10.5. The highest BCUT2D eigenvalue weighted by molar-refractivity contribution is 7.22. The fraction of sp³-hybridized carbons (Fsp3) is 0.500. The second kappa shape index (κ2) is 8.63. The Morgan fingerprint density at radius 3 is 2.59 bits per heavy atom. The fourth-order valence-corrected chi connectivity index (χ4v) is 5.21. The third-order valence-corrected chi connectivity index (χ3v) is 6.84. The van der Waals surface area contributed by atoms with Crippen molar-refractivity contribution in [2.75, 3.05) is 18.5 Å². The number of aromatic nitrogens is 3. The number of anilines is 1. The molecule has 1 N–H and O–H groups in total. The molecule has 0 radical (unpaired) electrons. The molecule has 152 valence electrons. The lowest BCUT2D eigenvalue weighted by molar-refractivity contribution is 0.0818. The van der Waals surface area contributed by atoms with E-state index in [1.165, 1.54) is 4.70 Å². The molecule has 2 aliphatic rings. The van der Waals surface area contributed by atoms with E-state index < -0.39 is 0 Å². The number of hydrogen-bond acceptors (Lipinski definition) is 7. The summed E-state index contributed by atoms with van der Waals surface area (Å²) in [5.41, 5.74) is 2.07. The molecule has 1 saturated carbocycles. The number of nitrogens with one attached hydrogen (secondary N) is 1. The summed E-state index contributed by atoms with van der Waals surface area (Å²) in [7, 11) is 0. The van der Waals surface area contributed by atoms with Crippen LogP contribution in [0.15, 0.2) is 36.7 Å². The summed E-state index contributed by atoms with van der Waals surface area (Å²) in [5.74, 6) is 1.12. The topological polar surface area (TPSA) is 69.2 Å². The molecule has 1 aliphatic carbocycles. The van der Waals surface area contributed by atoms with E-state index in [9.17, 15) is 0 Å². The Bertz CT molecular complexity index is 916. The number of fused-ring (bicyclic) bond motifs is 1. The molecule has 2 aromatic heterocycles. The molecule has 0 spiro atoms. The van der Waals surface area contributed by atoms with Crippen LogP contribution in [0.25, 0.3) is 10.2 Å². The number of thiazole rings is 1. The minimum atomic E-state index is 0.207.